The number of methoxy groups -OCH3 is 2. The highest BCUT2D eigenvalue weighted by Gasteiger charge is 2.06. The SMILES string of the molecule is COc1ccc(/C=C/C(=O)OCC(=O)NCCSCc2ccccc2)cc1OC. The third-order valence-corrected chi connectivity index (χ3v) is 4.88. The van der Waals surface area contributed by atoms with Crippen molar-refractivity contribution in [2.75, 3.05) is 33.1 Å². The molecule has 2 aromatic rings. The summed E-state index contributed by atoms with van der Waals surface area (Å²) in [5.74, 6) is 1.94. The average molecular weight is 416 g/mol. The molecule has 0 aliphatic carbocycles. The van der Waals surface area contributed by atoms with Crippen molar-refractivity contribution in [1.82, 2.24) is 5.32 Å². The van der Waals surface area contributed by atoms with Gasteiger partial charge < -0.3 is 19.5 Å². The lowest BCUT2D eigenvalue weighted by molar-refractivity contribution is -0.143. The molecule has 0 aliphatic heterocycles. The van der Waals surface area contributed by atoms with E-state index in [1.54, 1.807) is 50.3 Å². The molecule has 1 N–H and O–H groups in total. The molecule has 2 aromatic carbocycles. The highest BCUT2D eigenvalue weighted by atomic mass is 32.2. The van der Waals surface area contributed by atoms with E-state index in [0.717, 1.165) is 17.1 Å². The van der Waals surface area contributed by atoms with E-state index >= 15 is 0 Å². The summed E-state index contributed by atoms with van der Waals surface area (Å²) in [6.07, 6.45) is 2.85. The summed E-state index contributed by atoms with van der Waals surface area (Å²) < 4.78 is 15.3. The summed E-state index contributed by atoms with van der Waals surface area (Å²) in [7, 11) is 3.09. The lowest BCUT2D eigenvalue weighted by Crippen LogP contribution is -2.30. The first-order valence-electron chi connectivity index (χ1n) is 9.07. The average Bonchev–Trinajstić information content (AvgIpc) is 2.76. The molecular formula is C22H25NO5S. The van der Waals surface area contributed by atoms with E-state index in [2.05, 4.69) is 17.4 Å². The van der Waals surface area contributed by atoms with Crippen LogP contribution >= 0.6 is 11.8 Å². The maximum absolute atomic E-state index is 11.8. The van der Waals surface area contributed by atoms with Crippen LogP contribution in [0, 0.1) is 0 Å². The summed E-state index contributed by atoms with van der Waals surface area (Å²) in [4.78, 5) is 23.5. The molecule has 6 nitrogen and oxygen atoms in total. The first-order chi connectivity index (χ1) is 14.1. The van der Waals surface area contributed by atoms with Gasteiger partial charge in [-0.3, -0.25) is 4.79 Å². The van der Waals surface area contributed by atoms with Gasteiger partial charge in [0.15, 0.2) is 18.1 Å². The lowest BCUT2D eigenvalue weighted by Gasteiger charge is -2.07. The second-order valence-corrected chi connectivity index (χ2v) is 7.05. The van der Waals surface area contributed by atoms with Crippen LogP contribution in [0.3, 0.4) is 0 Å². The Hall–Kier alpha value is -2.93. The van der Waals surface area contributed by atoms with Crippen LogP contribution in [0.5, 0.6) is 11.5 Å². The number of thioether (sulfide) groups is 1. The summed E-state index contributed by atoms with van der Waals surface area (Å²) in [5.41, 5.74) is 2.00. The van der Waals surface area contributed by atoms with E-state index in [1.807, 2.05) is 18.2 Å². The van der Waals surface area contributed by atoms with Gasteiger partial charge in [-0.05, 0) is 29.3 Å². The summed E-state index contributed by atoms with van der Waals surface area (Å²) in [6.45, 7) is 0.216. The van der Waals surface area contributed by atoms with Crippen molar-refractivity contribution in [3.05, 3.63) is 65.7 Å². The number of amides is 1. The molecule has 0 aliphatic rings. The zero-order valence-corrected chi connectivity index (χ0v) is 17.4. The van der Waals surface area contributed by atoms with E-state index in [1.165, 1.54) is 11.6 Å². The van der Waals surface area contributed by atoms with Gasteiger partial charge in [0, 0.05) is 24.1 Å². The second kappa shape index (κ2) is 12.5. The van der Waals surface area contributed by atoms with Crippen LogP contribution in [0.1, 0.15) is 11.1 Å². The van der Waals surface area contributed by atoms with Gasteiger partial charge in [-0.2, -0.15) is 11.8 Å². The van der Waals surface area contributed by atoms with Gasteiger partial charge in [0.2, 0.25) is 0 Å². The molecule has 7 heteroatoms. The molecule has 0 spiro atoms. The van der Waals surface area contributed by atoms with Gasteiger partial charge in [-0.25, -0.2) is 4.79 Å². The standard InChI is InChI=1S/C22H25NO5S/c1-26-19-10-8-17(14-20(19)27-2)9-11-22(25)28-15-21(24)23-12-13-29-16-18-6-4-3-5-7-18/h3-11,14H,12-13,15-16H2,1-2H3,(H,23,24)/b11-9+. The molecule has 0 unspecified atom stereocenters. The van der Waals surface area contributed by atoms with Crippen molar-refractivity contribution in [2.45, 2.75) is 5.75 Å². The third-order valence-electron chi connectivity index (χ3n) is 3.85. The van der Waals surface area contributed by atoms with Crippen LogP contribution in [0.15, 0.2) is 54.6 Å². The highest BCUT2D eigenvalue weighted by Crippen LogP contribution is 2.27. The summed E-state index contributed by atoms with van der Waals surface area (Å²) in [5, 5.41) is 2.73. The zero-order chi connectivity index (χ0) is 20.9. The topological polar surface area (TPSA) is 73.9 Å². The van der Waals surface area contributed by atoms with Crippen molar-refractivity contribution in [3.8, 4) is 11.5 Å². The lowest BCUT2D eigenvalue weighted by atomic mass is 10.2. The largest absolute Gasteiger partial charge is 0.493 e. The number of ether oxygens (including phenoxy) is 3. The van der Waals surface area contributed by atoms with Gasteiger partial charge >= 0.3 is 5.97 Å². The molecule has 0 atom stereocenters. The molecule has 0 saturated heterocycles. The Morgan fingerprint density at radius 1 is 1.03 bits per heavy atom. The fraction of sp³-hybridized carbons (Fsp3) is 0.273. The monoisotopic (exact) mass is 415 g/mol. The summed E-state index contributed by atoms with van der Waals surface area (Å²) in [6, 6.07) is 15.4. The Morgan fingerprint density at radius 2 is 1.79 bits per heavy atom. The molecule has 0 bridgehead atoms. The minimum absolute atomic E-state index is 0.307. The first kappa shape index (κ1) is 22.4. The molecule has 0 radical (unpaired) electrons. The number of carbonyl (C=O) groups is 2. The maximum Gasteiger partial charge on any atom is 0.331 e. The number of esters is 1. The maximum atomic E-state index is 11.8. The van der Waals surface area contributed by atoms with Gasteiger partial charge in [0.25, 0.3) is 5.91 Å². The fourth-order valence-electron chi connectivity index (χ4n) is 2.38. The number of hydrogen-bond donors (Lipinski definition) is 1. The van der Waals surface area contributed by atoms with Crippen LogP contribution in [0.25, 0.3) is 6.08 Å². The normalized spacial score (nSPS) is 10.6. The van der Waals surface area contributed by atoms with Crippen LogP contribution in [0.2, 0.25) is 0 Å². The van der Waals surface area contributed by atoms with E-state index < -0.39 is 5.97 Å². The zero-order valence-electron chi connectivity index (χ0n) is 16.6. The molecule has 0 aromatic heterocycles. The predicted molar refractivity (Wildman–Crippen MR) is 115 cm³/mol. The Morgan fingerprint density at radius 3 is 2.52 bits per heavy atom. The van der Waals surface area contributed by atoms with Crippen LogP contribution in [-0.4, -0.2) is 45.0 Å². The Labute approximate surface area is 175 Å². The molecule has 2 rings (SSSR count). The van der Waals surface area contributed by atoms with E-state index in [-0.39, 0.29) is 12.5 Å². The minimum atomic E-state index is -0.589. The summed E-state index contributed by atoms with van der Waals surface area (Å²) >= 11 is 1.73. The molecular weight excluding hydrogens is 390 g/mol. The van der Waals surface area contributed by atoms with Crippen molar-refractivity contribution in [1.29, 1.82) is 0 Å². The van der Waals surface area contributed by atoms with Crippen LogP contribution < -0.4 is 14.8 Å². The predicted octanol–water partition coefficient (Wildman–Crippen LogP) is 3.31. The highest BCUT2D eigenvalue weighted by molar-refractivity contribution is 7.98. The Kier molecular flexibility index (Phi) is 9.65. The van der Waals surface area contributed by atoms with Crippen molar-refractivity contribution < 1.29 is 23.8 Å². The third kappa shape index (κ3) is 8.31. The van der Waals surface area contributed by atoms with E-state index in [4.69, 9.17) is 14.2 Å². The van der Waals surface area contributed by atoms with E-state index in [0.29, 0.717) is 18.0 Å². The molecule has 1 amide bonds. The Balaban J connectivity index is 1.64. The number of rotatable bonds is 11. The van der Waals surface area contributed by atoms with Crippen molar-refractivity contribution in [2.24, 2.45) is 0 Å². The van der Waals surface area contributed by atoms with Crippen LogP contribution in [0.4, 0.5) is 0 Å². The smallest absolute Gasteiger partial charge is 0.331 e. The number of benzene rings is 2. The molecule has 29 heavy (non-hydrogen) atoms. The fourth-order valence-corrected chi connectivity index (χ4v) is 3.20. The van der Waals surface area contributed by atoms with Crippen molar-refractivity contribution >= 4 is 29.7 Å². The molecule has 0 fully saturated rings. The van der Waals surface area contributed by atoms with Crippen LogP contribution in [-0.2, 0) is 20.1 Å². The number of carbonyl (C=O) groups excluding carboxylic acids is 2. The number of nitrogens with one attached hydrogen (secondary N) is 1. The van der Waals surface area contributed by atoms with Gasteiger partial charge in [0.1, 0.15) is 0 Å². The molecule has 154 valence electrons. The number of hydrogen-bond acceptors (Lipinski definition) is 6. The van der Waals surface area contributed by atoms with Crippen molar-refractivity contribution in [3.63, 3.8) is 0 Å². The molecule has 0 heterocycles. The second-order valence-electron chi connectivity index (χ2n) is 5.94. The van der Waals surface area contributed by atoms with Gasteiger partial charge in [0.05, 0.1) is 14.2 Å². The molecule has 0 saturated carbocycles. The Bertz CT molecular complexity index is 823. The minimum Gasteiger partial charge on any atom is -0.493 e. The first-order valence-corrected chi connectivity index (χ1v) is 10.2. The van der Waals surface area contributed by atoms with Gasteiger partial charge in [-0.15, -0.1) is 0 Å². The quantitative estimate of drug-likeness (QED) is 0.345. The van der Waals surface area contributed by atoms with E-state index in [9.17, 15) is 9.59 Å². The van der Waals surface area contributed by atoms with Gasteiger partial charge in [-0.1, -0.05) is 36.4 Å².